The quantitative estimate of drug-likeness (QED) is 0.334. The van der Waals surface area contributed by atoms with Crippen LogP contribution in [0, 0.1) is 5.41 Å². The Balaban J connectivity index is 2.47. The average molecular weight is 228 g/mol. The zero-order valence-electron chi connectivity index (χ0n) is 9.51. The topological polar surface area (TPSA) is 70.5 Å². The van der Waals surface area contributed by atoms with E-state index in [4.69, 9.17) is 5.53 Å². The van der Waals surface area contributed by atoms with E-state index in [0.717, 1.165) is 11.8 Å². The van der Waals surface area contributed by atoms with Crippen LogP contribution in [0.5, 0.6) is 0 Å². The maximum atomic E-state index is 12.3. The number of fused-ring (bicyclic) bond motifs is 1. The van der Waals surface area contributed by atoms with Gasteiger partial charge in [0.1, 0.15) is 5.41 Å². The number of nitrogens with zero attached hydrogens (tertiary/aromatic N) is 2. The highest BCUT2D eigenvalue weighted by atomic mass is 16.2. The second-order valence-corrected chi connectivity index (χ2v) is 4.43. The number of carbonyl (C=O) groups is 2. The number of Topliss-reactive ketones (excluding diaryl/α,β-unsaturated/α-hetero) is 2. The van der Waals surface area contributed by atoms with E-state index in [1.165, 1.54) is 0 Å². The zero-order chi connectivity index (χ0) is 12.5. The molecule has 0 amide bonds. The molecule has 0 bridgehead atoms. The molecule has 17 heavy (non-hydrogen) atoms. The number of rotatable bonds is 2. The van der Waals surface area contributed by atoms with E-state index in [0.29, 0.717) is 18.4 Å². The summed E-state index contributed by atoms with van der Waals surface area (Å²) in [7, 11) is 0. The predicted molar refractivity (Wildman–Crippen MR) is 61.9 cm³/mol. The summed E-state index contributed by atoms with van der Waals surface area (Å²) >= 11 is 0. The van der Waals surface area contributed by atoms with Crippen LogP contribution in [0.2, 0.25) is 0 Å². The van der Waals surface area contributed by atoms with Crippen molar-refractivity contribution < 1.29 is 14.4 Å². The molecule has 0 radical (unpaired) electrons. The Morgan fingerprint density at radius 2 is 2.18 bits per heavy atom. The molecule has 1 aliphatic rings. The molecule has 0 N–H and O–H groups in total. The fraction of sp³-hybridized carbons (Fsp3) is 0.308. The lowest BCUT2D eigenvalue weighted by Crippen LogP contribution is -2.41. The summed E-state index contributed by atoms with van der Waals surface area (Å²) in [4.78, 5) is 26.8. The highest BCUT2D eigenvalue weighted by Crippen LogP contribution is 2.35. The molecule has 1 aromatic rings. The largest absolute Gasteiger partial charge is 0.361 e. The Kier molecular flexibility index (Phi) is 2.74. The zero-order valence-corrected chi connectivity index (χ0v) is 9.51. The average Bonchev–Trinajstić information content (AvgIpc) is 2.35. The maximum absolute atomic E-state index is 12.3. The minimum absolute atomic E-state index is 0.191. The van der Waals surface area contributed by atoms with Gasteiger partial charge in [-0.15, -0.1) is 0 Å². The molecule has 0 fully saturated rings. The lowest BCUT2D eigenvalue weighted by Gasteiger charge is -2.29. The number of benzene rings is 1. The van der Waals surface area contributed by atoms with E-state index in [2.05, 4.69) is 4.79 Å². The lowest BCUT2D eigenvalue weighted by molar-refractivity contribution is -0.122. The third kappa shape index (κ3) is 1.73. The normalized spacial score (nSPS) is 22.5. The maximum Gasteiger partial charge on any atom is 0.324 e. The fourth-order valence-electron chi connectivity index (χ4n) is 2.19. The van der Waals surface area contributed by atoms with Gasteiger partial charge in [0, 0.05) is 5.56 Å². The molecule has 0 spiro atoms. The molecule has 86 valence electrons. The Bertz CT molecular complexity index is 544. The molecule has 4 heteroatoms. The minimum atomic E-state index is -1.10. The summed E-state index contributed by atoms with van der Waals surface area (Å²) in [6.07, 6.45) is 1.95. The molecular weight excluding hydrogens is 216 g/mol. The van der Waals surface area contributed by atoms with E-state index < -0.39 is 11.2 Å². The molecule has 0 saturated heterocycles. The van der Waals surface area contributed by atoms with Crippen LogP contribution in [-0.4, -0.2) is 22.6 Å². The summed E-state index contributed by atoms with van der Waals surface area (Å²) < 4.78 is 0. The van der Waals surface area contributed by atoms with Crippen molar-refractivity contribution in [3.05, 3.63) is 40.9 Å². The summed E-state index contributed by atoms with van der Waals surface area (Å²) in [6.45, 7) is 1.61. The van der Waals surface area contributed by atoms with Crippen molar-refractivity contribution >= 4 is 17.8 Å². The molecule has 1 unspecified atom stereocenters. The van der Waals surface area contributed by atoms with Crippen LogP contribution in [-0.2, 0) is 11.2 Å². The van der Waals surface area contributed by atoms with Crippen LogP contribution in [0.1, 0.15) is 29.3 Å². The first-order valence-electron chi connectivity index (χ1n) is 5.44. The van der Waals surface area contributed by atoms with Gasteiger partial charge in [-0.25, -0.2) is 0 Å². The molecular formula is C13H12N2O2. The molecule has 1 aliphatic carbocycles. The van der Waals surface area contributed by atoms with Gasteiger partial charge in [0.25, 0.3) is 0 Å². The molecule has 2 rings (SSSR count). The van der Waals surface area contributed by atoms with Crippen molar-refractivity contribution in [1.82, 2.24) is 0 Å². The molecule has 0 saturated carbocycles. The summed E-state index contributed by atoms with van der Waals surface area (Å²) in [6, 6.07) is 7.30. The Morgan fingerprint density at radius 1 is 1.47 bits per heavy atom. The van der Waals surface area contributed by atoms with Crippen molar-refractivity contribution in [2.75, 3.05) is 0 Å². The van der Waals surface area contributed by atoms with Crippen LogP contribution in [0.25, 0.3) is 5.53 Å². The fourth-order valence-corrected chi connectivity index (χ4v) is 2.19. The SMILES string of the molecule is CC1(C(=O)C=[N+]=[N-])CCc2ccccc2C1=O. The third-order valence-corrected chi connectivity index (χ3v) is 3.38. The van der Waals surface area contributed by atoms with Gasteiger partial charge in [-0.1, -0.05) is 24.3 Å². The van der Waals surface area contributed by atoms with Crippen LogP contribution in [0.15, 0.2) is 24.3 Å². The van der Waals surface area contributed by atoms with Gasteiger partial charge in [0.2, 0.25) is 5.78 Å². The Morgan fingerprint density at radius 3 is 2.88 bits per heavy atom. The van der Waals surface area contributed by atoms with Crippen molar-refractivity contribution in [3.8, 4) is 0 Å². The smallest absolute Gasteiger partial charge is 0.324 e. The first kappa shape index (κ1) is 11.4. The van der Waals surface area contributed by atoms with E-state index >= 15 is 0 Å². The highest BCUT2D eigenvalue weighted by Gasteiger charge is 2.45. The highest BCUT2D eigenvalue weighted by molar-refractivity contribution is 6.35. The molecule has 1 atom stereocenters. The molecule has 1 aromatic carbocycles. The second-order valence-electron chi connectivity index (χ2n) is 4.43. The number of carbonyl (C=O) groups excluding carboxylic acids is 2. The number of hydrogen-bond donors (Lipinski definition) is 0. The molecule has 0 aromatic heterocycles. The van der Waals surface area contributed by atoms with Gasteiger partial charge < -0.3 is 5.53 Å². The summed E-state index contributed by atoms with van der Waals surface area (Å²) in [5.41, 5.74) is 8.88. The van der Waals surface area contributed by atoms with Crippen LogP contribution in [0.3, 0.4) is 0 Å². The van der Waals surface area contributed by atoms with Gasteiger partial charge in [-0.3, -0.25) is 9.59 Å². The number of ketones is 2. The minimum Gasteiger partial charge on any atom is -0.361 e. The van der Waals surface area contributed by atoms with E-state index in [1.807, 2.05) is 12.1 Å². The monoisotopic (exact) mass is 228 g/mol. The Labute approximate surface area is 98.9 Å². The van der Waals surface area contributed by atoms with Gasteiger partial charge >= 0.3 is 6.21 Å². The van der Waals surface area contributed by atoms with Crippen molar-refractivity contribution in [2.45, 2.75) is 19.8 Å². The first-order chi connectivity index (χ1) is 8.09. The van der Waals surface area contributed by atoms with Gasteiger partial charge in [-0.05, 0) is 25.3 Å². The van der Waals surface area contributed by atoms with Gasteiger partial charge in [0.05, 0.1) is 0 Å². The van der Waals surface area contributed by atoms with Crippen LogP contribution >= 0.6 is 0 Å². The third-order valence-electron chi connectivity index (χ3n) is 3.38. The second kappa shape index (κ2) is 4.07. The van der Waals surface area contributed by atoms with Gasteiger partial charge in [0.15, 0.2) is 5.78 Å². The predicted octanol–water partition coefficient (Wildman–Crippen LogP) is 1.69. The van der Waals surface area contributed by atoms with E-state index in [-0.39, 0.29) is 5.78 Å². The molecule has 0 heterocycles. The summed E-state index contributed by atoms with van der Waals surface area (Å²) in [5, 5.41) is 0. The van der Waals surface area contributed by atoms with Crippen LogP contribution in [0.4, 0.5) is 0 Å². The standard InChI is InChI=1S/C13H12N2O2/c1-13(11(16)8-15-14)7-6-9-4-2-3-5-10(9)12(13)17/h2-5,8H,6-7H2,1H3. The van der Waals surface area contributed by atoms with Crippen molar-refractivity contribution in [2.24, 2.45) is 5.41 Å². The number of aryl methyl sites for hydroxylation is 1. The van der Waals surface area contributed by atoms with Crippen LogP contribution < -0.4 is 0 Å². The van der Waals surface area contributed by atoms with E-state index in [1.54, 1.807) is 19.1 Å². The molecule has 0 aliphatic heterocycles. The van der Waals surface area contributed by atoms with Crippen molar-refractivity contribution in [3.63, 3.8) is 0 Å². The lowest BCUT2D eigenvalue weighted by atomic mass is 9.69. The van der Waals surface area contributed by atoms with Gasteiger partial charge in [-0.2, -0.15) is 4.79 Å². The number of hydrogen-bond acceptors (Lipinski definition) is 2. The van der Waals surface area contributed by atoms with E-state index in [9.17, 15) is 9.59 Å². The Hall–Kier alpha value is -2.06. The van der Waals surface area contributed by atoms with Crippen molar-refractivity contribution in [1.29, 1.82) is 0 Å². The summed E-state index contributed by atoms with van der Waals surface area (Å²) in [5.74, 6) is -0.635. The first-order valence-corrected chi connectivity index (χ1v) is 5.44. The molecule has 4 nitrogen and oxygen atoms in total.